The maximum atomic E-state index is 14.1. The van der Waals surface area contributed by atoms with E-state index in [1.54, 1.807) is 0 Å². The van der Waals surface area contributed by atoms with Gasteiger partial charge in [0.25, 0.3) is 0 Å². The van der Waals surface area contributed by atoms with Crippen molar-refractivity contribution in [3.8, 4) is 0 Å². The molecule has 10 heteroatoms. The summed E-state index contributed by atoms with van der Waals surface area (Å²) in [5.74, 6) is -13.0. The number of esters is 1. The number of halogens is 6. The molecule has 0 saturated heterocycles. The van der Waals surface area contributed by atoms with Crippen LogP contribution in [-0.4, -0.2) is 18.4 Å². The SMILES string of the molecule is CCOC(=O)C(=CNc1ccc(F)cc1F)C(=O)c1c(C)c(F)c(F)c(F)c1F. The smallest absolute Gasteiger partial charge is 0.343 e. The molecule has 0 aliphatic carbocycles. The molecular weight excluding hydrogens is 404 g/mol. The molecule has 154 valence electrons. The average molecular weight is 417 g/mol. The van der Waals surface area contributed by atoms with E-state index in [9.17, 15) is 35.9 Å². The summed E-state index contributed by atoms with van der Waals surface area (Å²) in [7, 11) is 0. The number of rotatable bonds is 6. The van der Waals surface area contributed by atoms with Gasteiger partial charge < -0.3 is 10.1 Å². The van der Waals surface area contributed by atoms with E-state index in [1.165, 1.54) is 6.92 Å². The molecule has 0 aromatic heterocycles. The van der Waals surface area contributed by atoms with Crippen molar-refractivity contribution in [3.05, 3.63) is 76.0 Å². The van der Waals surface area contributed by atoms with Crippen molar-refractivity contribution in [2.75, 3.05) is 11.9 Å². The lowest BCUT2D eigenvalue weighted by Gasteiger charge is -2.12. The Kier molecular flexibility index (Phi) is 6.68. The highest BCUT2D eigenvalue weighted by molar-refractivity contribution is 6.24. The Bertz CT molecular complexity index is 990. The quantitative estimate of drug-likeness (QED) is 0.109. The molecule has 0 atom stereocenters. The normalized spacial score (nSPS) is 11.4. The highest BCUT2D eigenvalue weighted by Gasteiger charge is 2.31. The van der Waals surface area contributed by atoms with Gasteiger partial charge in [-0.25, -0.2) is 31.1 Å². The van der Waals surface area contributed by atoms with Gasteiger partial charge in [-0.05, 0) is 26.0 Å². The molecule has 2 rings (SSSR count). The van der Waals surface area contributed by atoms with Gasteiger partial charge in [0.2, 0.25) is 5.78 Å². The Hall–Kier alpha value is -3.30. The zero-order valence-corrected chi connectivity index (χ0v) is 15.0. The first-order chi connectivity index (χ1) is 13.6. The van der Waals surface area contributed by atoms with Crippen LogP contribution in [0.3, 0.4) is 0 Å². The maximum Gasteiger partial charge on any atom is 0.343 e. The van der Waals surface area contributed by atoms with Crippen molar-refractivity contribution >= 4 is 17.4 Å². The Morgan fingerprint density at radius 2 is 1.62 bits per heavy atom. The number of carbonyl (C=O) groups is 2. The summed E-state index contributed by atoms with van der Waals surface area (Å²) in [5.41, 5.74) is -3.44. The van der Waals surface area contributed by atoms with Crippen LogP contribution in [0.1, 0.15) is 22.8 Å². The third-order valence-corrected chi connectivity index (χ3v) is 3.77. The van der Waals surface area contributed by atoms with Crippen molar-refractivity contribution in [2.45, 2.75) is 13.8 Å². The second-order valence-corrected chi connectivity index (χ2v) is 5.63. The molecule has 29 heavy (non-hydrogen) atoms. The fraction of sp³-hybridized carbons (Fsp3) is 0.158. The minimum absolute atomic E-state index is 0.220. The van der Waals surface area contributed by atoms with Crippen molar-refractivity contribution in [2.24, 2.45) is 0 Å². The molecule has 0 unspecified atom stereocenters. The molecule has 0 spiro atoms. The monoisotopic (exact) mass is 417 g/mol. The molecule has 0 aliphatic heterocycles. The van der Waals surface area contributed by atoms with Crippen LogP contribution in [0.5, 0.6) is 0 Å². The summed E-state index contributed by atoms with van der Waals surface area (Å²) in [6, 6.07) is 2.33. The Labute approximate surface area is 160 Å². The minimum Gasteiger partial charge on any atom is -0.462 e. The largest absolute Gasteiger partial charge is 0.462 e. The summed E-state index contributed by atoms with van der Waals surface area (Å²) < 4.78 is 86.1. The molecular formula is C19H13F6NO3. The molecule has 4 nitrogen and oxygen atoms in total. The molecule has 0 bridgehead atoms. The van der Waals surface area contributed by atoms with E-state index >= 15 is 0 Å². The predicted molar refractivity (Wildman–Crippen MR) is 90.0 cm³/mol. The standard InChI is InChI=1S/C19H13F6NO3/c1-3-29-19(28)10(7-26-12-5-4-9(20)6-11(12)21)18(27)13-8(2)14(22)16(24)17(25)15(13)23/h4-7,26H,3H2,1-2H3. The van der Waals surface area contributed by atoms with Gasteiger partial charge in [0, 0.05) is 17.8 Å². The van der Waals surface area contributed by atoms with Gasteiger partial charge >= 0.3 is 5.97 Å². The van der Waals surface area contributed by atoms with E-state index in [2.05, 4.69) is 10.1 Å². The second kappa shape index (κ2) is 8.80. The number of nitrogens with one attached hydrogen (secondary N) is 1. The topological polar surface area (TPSA) is 55.4 Å². The summed E-state index contributed by atoms with van der Waals surface area (Å²) in [6.45, 7) is 1.97. The van der Waals surface area contributed by atoms with E-state index in [0.29, 0.717) is 12.3 Å². The number of hydrogen-bond acceptors (Lipinski definition) is 4. The zero-order chi connectivity index (χ0) is 21.9. The number of carbonyl (C=O) groups excluding carboxylic acids is 2. The lowest BCUT2D eigenvalue weighted by molar-refractivity contribution is -0.138. The number of ketones is 1. The van der Waals surface area contributed by atoms with Gasteiger partial charge in [-0.15, -0.1) is 0 Å². The number of anilines is 1. The molecule has 0 aliphatic rings. The zero-order valence-electron chi connectivity index (χ0n) is 15.0. The number of hydrogen-bond donors (Lipinski definition) is 1. The molecule has 0 amide bonds. The first-order valence-electron chi connectivity index (χ1n) is 8.06. The van der Waals surface area contributed by atoms with Crippen LogP contribution in [0.4, 0.5) is 32.0 Å². The van der Waals surface area contributed by atoms with Crippen molar-refractivity contribution in [3.63, 3.8) is 0 Å². The van der Waals surface area contributed by atoms with Crippen molar-refractivity contribution in [1.82, 2.24) is 0 Å². The summed E-state index contributed by atoms with van der Waals surface area (Å²) >= 11 is 0. The molecule has 0 fully saturated rings. The van der Waals surface area contributed by atoms with Crippen LogP contribution in [0.15, 0.2) is 30.0 Å². The van der Waals surface area contributed by atoms with Gasteiger partial charge in [-0.2, -0.15) is 0 Å². The molecule has 1 N–H and O–H groups in total. The van der Waals surface area contributed by atoms with E-state index in [4.69, 9.17) is 0 Å². The van der Waals surface area contributed by atoms with Gasteiger partial charge in [-0.1, -0.05) is 0 Å². The third-order valence-electron chi connectivity index (χ3n) is 3.77. The minimum atomic E-state index is -2.24. The average Bonchev–Trinajstić information content (AvgIpc) is 2.67. The van der Waals surface area contributed by atoms with Crippen LogP contribution in [-0.2, 0) is 9.53 Å². The Balaban J connectivity index is 2.56. The first-order valence-corrected chi connectivity index (χ1v) is 8.06. The number of Topliss-reactive ketones (excluding diaryl/α,β-unsaturated/α-hetero) is 1. The van der Waals surface area contributed by atoms with E-state index in [-0.39, 0.29) is 12.3 Å². The van der Waals surface area contributed by atoms with Crippen LogP contribution < -0.4 is 5.32 Å². The summed E-state index contributed by atoms with van der Waals surface area (Å²) in [5, 5.41) is 2.20. The molecule has 0 saturated carbocycles. The van der Waals surface area contributed by atoms with Gasteiger partial charge in [0.1, 0.15) is 17.2 Å². The summed E-state index contributed by atoms with van der Waals surface area (Å²) in [6.07, 6.45) is 0.606. The maximum absolute atomic E-state index is 14.1. The van der Waals surface area contributed by atoms with Crippen molar-refractivity contribution in [1.29, 1.82) is 0 Å². The molecule has 2 aromatic carbocycles. The van der Waals surface area contributed by atoms with Crippen LogP contribution >= 0.6 is 0 Å². The highest BCUT2D eigenvalue weighted by Crippen LogP contribution is 2.26. The lowest BCUT2D eigenvalue weighted by Crippen LogP contribution is -2.21. The molecule has 0 radical (unpaired) electrons. The van der Waals surface area contributed by atoms with E-state index < -0.39 is 63.4 Å². The van der Waals surface area contributed by atoms with Gasteiger partial charge in [-0.3, -0.25) is 4.79 Å². The highest BCUT2D eigenvalue weighted by atomic mass is 19.2. The molecule has 0 heterocycles. The predicted octanol–water partition coefficient (Wildman–Crippen LogP) is 4.57. The van der Waals surface area contributed by atoms with E-state index in [0.717, 1.165) is 19.1 Å². The third kappa shape index (κ3) is 4.41. The fourth-order valence-corrected chi connectivity index (χ4v) is 2.33. The number of ether oxygens (including phenoxy) is 1. The van der Waals surface area contributed by atoms with E-state index in [1.807, 2.05) is 0 Å². The van der Waals surface area contributed by atoms with Gasteiger partial charge in [0.15, 0.2) is 23.3 Å². The van der Waals surface area contributed by atoms with Crippen LogP contribution in [0.25, 0.3) is 0 Å². The van der Waals surface area contributed by atoms with Crippen LogP contribution in [0, 0.1) is 41.8 Å². The Morgan fingerprint density at radius 3 is 2.21 bits per heavy atom. The fourth-order valence-electron chi connectivity index (χ4n) is 2.33. The first kappa shape index (κ1) is 22.0. The second-order valence-electron chi connectivity index (χ2n) is 5.63. The van der Waals surface area contributed by atoms with Gasteiger partial charge in [0.05, 0.1) is 17.9 Å². The van der Waals surface area contributed by atoms with Crippen molar-refractivity contribution < 1.29 is 40.7 Å². The summed E-state index contributed by atoms with van der Waals surface area (Å²) in [4.78, 5) is 24.7. The van der Waals surface area contributed by atoms with Crippen LogP contribution in [0.2, 0.25) is 0 Å². The molecule has 2 aromatic rings. The number of benzene rings is 2. The lowest BCUT2D eigenvalue weighted by atomic mass is 9.97. The Morgan fingerprint density at radius 1 is 1.00 bits per heavy atom.